The number of nitrogens with zero attached hydrogens (tertiary/aromatic N) is 1. The molecule has 1 aliphatic carbocycles. The Morgan fingerprint density at radius 2 is 2.00 bits per heavy atom. The van der Waals surface area contributed by atoms with E-state index in [0.29, 0.717) is 12.1 Å². The fraction of sp³-hybridized carbons (Fsp3) is 1.00. The van der Waals surface area contributed by atoms with Crippen LogP contribution in [0.15, 0.2) is 0 Å². The summed E-state index contributed by atoms with van der Waals surface area (Å²) < 4.78 is 5.65. The van der Waals surface area contributed by atoms with Crippen LogP contribution in [0.5, 0.6) is 0 Å². The molecule has 0 spiro atoms. The van der Waals surface area contributed by atoms with E-state index in [-0.39, 0.29) is 0 Å². The van der Waals surface area contributed by atoms with E-state index >= 15 is 0 Å². The van der Waals surface area contributed by atoms with Crippen LogP contribution >= 0.6 is 0 Å². The first-order valence-corrected chi connectivity index (χ1v) is 7.81. The van der Waals surface area contributed by atoms with Crippen LogP contribution in [0.25, 0.3) is 0 Å². The molecule has 0 aromatic carbocycles. The van der Waals surface area contributed by atoms with Crippen LogP contribution in [0.3, 0.4) is 0 Å². The lowest BCUT2D eigenvalue weighted by molar-refractivity contribution is -0.0164. The normalized spacial score (nSPS) is 27.8. The highest BCUT2D eigenvalue weighted by molar-refractivity contribution is 4.81. The number of hydrogen-bond acceptors (Lipinski definition) is 3. The molecular weight excluding hydrogens is 224 g/mol. The summed E-state index contributed by atoms with van der Waals surface area (Å²) in [7, 11) is 0. The molecule has 0 radical (unpaired) electrons. The predicted molar refractivity (Wildman–Crippen MR) is 75.9 cm³/mol. The van der Waals surface area contributed by atoms with Crippen LogP contribution in [0.2, 0.25) is 0 Å². The van der Waals surface area contributed by atoms with Gasteiger partial charge in [-0.1, -0.05) is 33.1 Å². The maximum absolute atomic E-state index is 5.65. The molecule has 18 heavy (non-hydrogen) atoms. The molecule has 3 nitrogen and oxygen atoms in total. The SMILES string of the molecule is CC(C)NCC1COCCN1CC1CCCCC1. The molecule has 2 fully saturated rings. The van der Waals surface area contributed by atoms with E-state index in [9.17, 15) is 0 Å². The van der Waals surface area contributed by atoms with Crippen molar-refractivity contribution in [2.45, 2.75) is 58.0 Å². The van der Waals surface area contributed by atoms with Crippen molar-refractivity contribution in [1.82, 2.24) is 10.2 Å². The first-order chi connectivity index (χ1) is 8.75. The molecule has 1 saturated carbocycles. The topological polar surface area (TPSA) is 24.5 Å². The van der Waals surface area contributed by atoms with E-state index in [1.54, 1.807) is 0 Å². The van der Waals surface area contributed by atoms with Crippen molar-refractivity contribution in [2.75, 3.05) is 32.8 Å². The summed E-state index contributed by atoms with van der Waals surface area (Å²) in [4.78, 5) is 2.68. The Morgan fingerprint density at radius 1 is 1.22 bits per heavy atom. The minimum Gasteiger partial charge on any atom is -0.378 e. The molecule has 1 heterocycles. The third kappa shape index (κ3) is 4.52. The Balaban J connectivity index is 1.78. The Kier molecular flexibility index (Phi) is 5.93. The Bertz CT molecular complexity index is 227. The Hall–Kier alpha value is -0.120. The van der Waals surface area contributed by atoms with Crippen molar-refractivity contribution in [2.24, 2.45) is 5.92 Å². The molecule has 2 rings (SSSR count). The molecule has 1 N–H and O–H groups in total. The van der Waals surface area contributed by atoms with Crippen molar-refractivity contribution < 1.29 is 4.74 Å². The standard InChI is InChI=1S/C15H30N2O/c1-13(2)16-10-15-12-18-9-8-17(15)11-14-6-4-3-5-7-14/h13-16H,3-12H2,1-2H3. The van der Waals surface area contributed by atoms with Crippen LogP contribution in [-0.4, -0.2) is 49.8 Å². The zero-order chi connectivity index (χ0) is 12.8. The van der Waals surface area contributed by atoms with Gasteiger partial charge >= 0.3 is 0 Å². The van der Waals surface area contributed by atoms with Crippen LogP contribution < -0.4 is 5.32 Å². The first-order valence-electron chi connectivity index (χ1n) is 7.81. The van der Waals surface area contributed by atoms with Gasteiger partial charge in [0.05, 0.1) is 13.2 Å². The minimum atomic E-state index is 0.573. The lowest BCUT2D eigenvalue weighted by atomic mass is 9.88. The minimum absolute atomic E-state index is 0.573. The average Bonchev–Trinajstić information content (AvgIpc) is 2.39. The molecule has 0 aromatic heterocycles. The summed E-state index contributed by atoms with van der Waals surface area (Å²) in [6.45, 7) is 9.76. The highest BCUT2D eigenvalue weighted by Gasteiger charge is 2.26. The zero-order valence-corrected chi connectivity index (χ0v) is 12.2. The molecular formula is C15H30N2O. The highest BCUT2D eigenvalue weighted by atomic mass is 16.5. The van der Waals surface area contributed by atoms with Crippen molar-refractivity contribution >= 4 is 0 Å². The van der Waals surface area contributed by atoms with Gasteiger partial charge in [-0.15, -0.1) is 0 Å². The van der Waals surface area contributed by atoms with Gasteiger partial charge in [-0.05, 0) is 18.8 Å². The second-order valence-corrected chi connectivity index (χ2v) is 6.29. The average molecular weight is 254 g/mol. The molecule has 0 bridgehead atoms. The van der Waals surface area contributed by atoms with Crippen molar-refractivity contribution in [3.8, 4) is 0 Å². The highest BCUT2D eigenvalue weighted by Crippen LogP contribution is 2.25. The summed E-state index contributed by atoms with van der Waals surface area (Å²) in [5, 5.41) is 3.56. The van der Waals surface area contributed by atoms with Gasteiger partial charge < -0.3 is 10.1 Å². The summed E-state index contributed by atoms with van der Waals surface area (Å²) in [6.07, 6.45) is 7.25. The number of morpholine rings is 1. The smallest absolute Gasteiger partial charge is 0.0634 e. The van der Waals surface area contributed by atoms with Crippen LogP contribution in [0.4, 0.5) is 0 Å². The molecule has 0 amide bonds. The first kappa shape index (κ1) is 14.3. The second-order valence-electron chi connectivity index (χ2n) is 6.29. The third-order valence-corrected chi connectivity index (χ3v) is 4.33. The third-order valence-electron chi connectivity index (χ3n) is 4.33. The molecule has 1 atom stereocenters. The number of nitrogens with one attached hydrogen (secondary N) is 1. The van der Waals surface area contributed by atoms with E-state index in [1.165, 1.54) is 38.6 Å². The molecule has 106 valence electrons. The molecule has 0 aromatic rings. The molecule has 1 unspecified atom stereocenters. The number of ether oxygens (including phenoxy) is 1. The number of rotatable bonds is 5. The van der Waals surface area contributed by atoms with Crippen molar-refractivity contribution in [1.29, 1.82) is 0 Å². The monoisotopic (exact) mass is 254 g/mol. The van der Waals surface area contributed by atoms with Crippen LogP contribution in [0, 0.1) is 5.92 Å². The fourth-order valence-electron chi connectivity index (χ4n) is 3.19. The summed E-state index contributed by atoms with van der Waals surface area (Å²) >= 11 is 0. The van der Waals surface area contributed by atoms with Crippen LogP contribution in [0.1, 0.15) is 46.0 Å². The quantitative estimate of drug-likeness (QED) is 0.814. The largest absolute Gasteiger partial charge is 0.378 e. The maximum Gasteiger partial charge on any atom is 0.0634 e. The Labute approximate surface area is 112 Å². The molecule has 1 saturated heterocycles. The maximum atomic E-state index is 5.65. The number of hydrogen-bond donors (Lipinski definition) is 1. The summed E-state index contributed by atoms with van der Waals surface area (Å²) in [5.74, 6) is 0.943. The van der Waals surface area contributed by atoms with Gasteiger partial charge in [-0.25, -0.2) is 0 Å². The van der Waals surface area contributed by atoms with Gasteiger partial charge in [0.1, 0.15) is 0 Å². The fourth-order valence-corrected chi connectivity index (χ4v) is 3.19. The van der Waals surface area contributed by atoms with Crippen molar-refractivity contribution in [3.05, 3.63) is 0 Å². The van der Waals surface area contributed by atoms with E-state index in [0.717, 1.165) is 32.2 Å². The van der Waals surface area contributed by atoms with Gasteiger partial charge in [0.15, 0.2) is 0 Å². The van der Waals surface area contributed by atoms with E-state index in [4.69, 9.17) is 4.74 Å². The van der Waals surface area contributed by atoms with Gasteiger partial charge in [-0.2, -0.15) is 0 Å². The summed E-state index contributed by atoms with van der Waals surface area (Å²) in [5.41, 5.74) is 0. The second kappa shape index (κ2) is 7.46. The van der Waals surface area contributed by atoms with Gasteiger partial charge in [0.25, 0.3) is 0 Å². The summed E-state index contributed by atoms with van der Waals surface area (Å²) in [6, 6.07) is 1.16. The lowest BCUT2D eigenvalue weighted by Crippen LogP contribution is -2.52. The lowest BCUT2D eigenvalue weighted by Gasteiger charge is -2.39. The van der Waals surface area contributed by atoms with E-state index in [2.05, 4.69) is 24.1 Å². The predicted octanol–water partition coefficient (Wildman–Crippen LogP) is 2.27. The zero-order valence-electron chi connectivity index (χ0n) is 12.2. The Morgan fingerprint density at radius 3 is 2.72 bits per heavy atom. The molecule has 2 aliphatic rings. The van der Waals surface area contributed by atoms with E-state index < -0.39 is 0 Å². The molecule has 3 heteroatoms. The molecule has 1 aliphatic heterocycles. The van der Waals surface area contributed by atoms with Gasteiger partial charge in [-0.3, -0.25) is 4.90 Å². The van der Waals surface area contributed by atoms with Gasteiger partial charge in [0.2, 0.25) is 0 Å². The van der Waals surface area contributed by atoms with E-state index in [1.807, 2.05) is 0 Å². The van der Waals surface area contributed by atoms with Crippen LogP contribution in [-0.2, 0) is 4.74 Å². The van der Waals surface area contributed by atoms with Gasteiger partial charge in [0, 0.05) is 31.7 Å². The van der Waals surface area contributed by atoms with Crippen molar-refractivity contribution in [3.63, 3.8) is 0 Å².